The van der Waals surface area contributed by atoms with Crippen LogP contribution in [0.3, 0.4) is 0 Å². The van der Waals surface area contributed by atoms with Gasteiger partial charge >= 0.3 is 0 Å². The van der Waals surface area contributed by atoms with Gasteiger partial charge in [-0.2, -0.15) is 0 Å². The largest absolute Gasteiger partial charge is 0.364 e. The summed E-state index contributed by atoms with van der Waals surface area (Å²) < 4.78 is 0. The van der Waals surface area contributed by atoms with E-state index in [4.69, 9.17) is 11.5 Å². The molecular weight excluding hydrogens is 456 g/mol. The van der Waals surface area contributed by atoms with Crippen molar-refractivity contribution in [3.05, 3.63) is 70.9 Å². The molecule has 0 spiro atoms. The molecule has 0 aliphatic carbocycles. The SMILES string of the molecule is Cc1ccc(-c2nc(C(N)=O)c3c(n2)N(c2cccc(C(=O)NCCCCCCN)c2)C(=O)C3)cc1. The van der Waals surface area contributed by atoms with Gasteiger partial charge in [0.15, 0.2) is 5.82 Å². The first-order valence-electron chi connectivity index (χ1n) is 12.1. The zero-order valence-electron chi connectivity index (χ0n) is 20.3. The van der Waals surface area contributed by atoms with E-state index in [0.717, 1.165) is 31.2 Å². The Morgan fingerprint density at radius 2 is 1.78 bits per heavy atom. The predicted molar refractivity (Wildman–Crippen MR) is 138 cm³/mol. The molecule has 0 saturated carbocycles. The van der Waals surface area contributed by atoms with E-state index < -0.39 is 5.91 Å². The minimum Gasteiger partial charge on any atom is -0.364 e. The summed E-state index contributed by atoms with van der Waals surface area (Å²) in [5, 5.41) is 2.92. The Labute approximate surface area is 209 Å². The topological polar surface area (TPSA) is 144 Å². The zero-order chi connectivity index (χ0) is 25.7. The quantitative estimate of drug-likeness (QED) is 0.376. The van der Waals surface area contributed by atoms with Gasteiger partial charge in [-0.05, 0) is 44.5 Å². The predicted octanol–water partition coefficient (Wildman–Crippen LogP) is 3.02. The highest BCUT2D eigenvalue weighted by Crippen LogP contribution is 2.37. The van der Waals surface area contributed by atoms with E-state index in [-0.39, 0.29) is 23.9 Å². The fraction of sp³-hybridized carbons (Fsp3) is 0.296. The molecule has 186 valence electrons. The monoisotopic (exact) mass is 486 g/mol. The van der Waals surface area contributed by atoms with Crippen LogP contribution < -0.4 is 21.7 Å². The number of nitrogens with zero attached hydrogens (tertiary/aromatic N) is 3. The molecule has 9 nitrogen and oxygen atoms in total. The minimum absolute atomic E-state index is 0.0231. The summed E-state index contributed by atoms with van der Waals surface area (Å²) in [5.41, 5.74) is 14.2. The van der Waals surface area contributed by atoms with Crippen LogP contribution in [0.25, 0.3) is 11.4 Å². The molecule has 36 heavy (non-hydrogen) atoms. The summed E-state index contributed by atoms with van der Waals surface area (Å²) in [6, 6.07) is 14.3. The van der Waals surface area contributed by atoms with Crippen LogP contribution in [-0.4, -0.2) is 40.8 Å². The molecule has 0 atom stereocenters. The maximum Gasteiger partial charge on any atom is 0.267 e. The number of anilines is 2. The molecule has 1 aliphatic heterocycles. The second kappa shape index (κ2) is 11.1. The lowest BCUT2D eigenvalue weighted by Crippen LogP contribution is -2.26. The molecule has 5 N–H and O–H groups in total. The highest BCUT2D eigenvalue weighted by Gasteiger charge is 2.35. The second-order valence-corrected chi connectivity index (χ2v) is 8.84. The number of aryl methyl sites for hydroxylation is 1. The van der Waals surface area contributed by atoms with Gasteiger partial charge < -0.3 is 16.8 Å². The van der Waals surface area contributed by atoms with Crippen LogP contribution in [0.5, 0.6) is 0 Å². The van der Waals surface area contributed by atoms with Crippen LogP contribution in [0.1, 0.15) is 57.7 Å². The molecule has 0 radical (unpaired) electrons. The third-order valence-electron chi connectivity index (χ3n) is 6.10. The molecule has 0 bridgehead atoms. The second-order valence-electron chi connectivity index (χ2n) is 8.84. The third kappa shape index (κ3) is 5.41. The lowest BCUT2D eigenvalue weighted by atomic mass is 10.1. The maximum absolute atomic E-state index is 13.1. The smallest absolute Gasteiger partial charge is 0.267 e. The van der Waals surface area contributed by atoms with Crippen molar-refractivity contribution in [1.82, 2.24) is 15.3 Å². The number of benzene rings is 2. The average molecular weight is 487 g/mol. The molecule has 1 aromatic heterocycles. The van der Waals surface area contributed by atoms with Crippen molar-refractivity contribution < 1.29 is 14.4 Å². The van der Waals surface area contributed by atoms with Gasteiger partial charge in [0, 0.05) is 23.2 Å². The normalized spacial score (nSPS) is 12.5. The molecular formula is C27H30N6O3. The minimum atomic E-state index is -0.726. The Balaban J connectivity index is 1.62. The van der Waals surface area contributed by atoms with Gasteiger partial charge in [-0.15, -0.1) is 0 Å². The van der Waals surface area contributed by atoms with E-state index >= 15 is 0 Å². The van der Waals surface area contributed by atoms with Crippen molar-refractivity contribution in [3.8, 4) is 11.4 Å². The molecule has 2 aromatic carbocycles. The van der Waals surface area contributed by atoms with Gasteiger partial charge in [0.2, 0.25) is 5.91 Å². The summed E-state index contributed by atoms with van der Waals surface area (Å²) in [6.45, 7) is 3.21. The van der Waals surface area contributed by atoms with Crippen LogP contribution in [0, 0.1) is 6.92 Å². The average Bonchev–Trinajstić information content (AvgIpc) is 3.21. The third-order valence-corrected chi connectivity index (χ3v) is 6.10. The van der Waals surface area contributed by atoms with Gasteiger partial charge in [-0.1, -0.05) is 48.7 Å². The van der Waals surface area contributed by atoms with Crippen molar-refractivity contribution in [2.45, 2.75) is 39.0 Å². The summed E-state index contributed by atoms with van der Waals surface area (Å²) in [6.07, 6.45) is 3.84. The van der Waals surface area contributed by atoms with E-state index in [1.54, 1.807) is 24.3 Å². The lowest BCUT2D eigenvalue weighted by Gasteiger charge is -2.18. The Kier molecular flexibility index (Phi) is 7.70. The molecule has 0 saturated heterocycles. The number of amides is 3. The van der Waals surface area contributed by atoms with Gasteiger partial charge in [0.25, 0.3) is 11.8 Å². The number of nitrogens with two attached hydrogens (primary N) is 2. The number of carbonyl (C=O) groups excluding carboxylic acids is 3. The molecule has 2 heterocycles. The van der Waals surface area contributed by atoms with Gasteiger partial charge in [-0.25, -0.2) is 9.97 Å². The molecule has 4 rings (SSSR count). The van der Waals surface area contributed by atoms with Crippen molar-refractivity contribution in [3.63, 3.8) is 0 Å². The van der Waals surface area contributed by atoms with E-state index in [1.807, 2.05) is 31.2 Å². The van der Waals surface area contributed by atoms with Crippen molar-refractivity contribution in [2.24, 2.45) is 11.5 Å². The van der Waals surface area contributed by atoms with Crippen LogP contribution >= 0.6 is 0 Å². The van der Waals surface area contributed by atoms with E-state index in [1.165, 1.54) is 4.90 Å². The summed E-state index contributed by atoms with van der Waals surface area (Å²) in [7, 11) is 0. The van der Waals surface area contributed by atoms with E-state index in [2.05, 4.69) is 15.3 Å². The highest BCUT2D eigenvalue weighted by atomic mass is 16.2. The first-order chi connectivity index (χ1) is 17.4. The summed E-state index contributed by atoms with van der Waals surface area (Å²) >= 11 is 0. The number of primary amides is 1. The molecule has 9 heteroatoms. The van der Waals surface area contributed by atoms with Crippen LogP contribution in [-0.2, 0) is 11.2 Å². The fourth-order valence-corrected chi connectivity index (χ4v) is 4.18. The van der Waals surface area contributed by atoms with Gasteiger partial charge in [-0.3, -0.25) is 19.3 Å². The molecule has 0 fully saturated rings. The number of hydrogen-bond acceptors (Lipinski definition) is 6. The Hall–Kier alpha value is -4.11. The first kappa shape index (κ1) is 25.0. The molecule has 3 amide bonds. The maximum atomic E-state index is 13.1. The highest BCUT2D eigenvalue weighted by molar-refractivity contribution is 6.10. The number of carbonyl (C=O) groups is 3. The van der Waals surface area contributed by atoms with Gasteiger partial charge in [0.05, 0.1) is 12.1 Å². The standard InChI is InChI=1S/C27H30N6O3/c1-17-9-11-18(12-10-17)25-31-23(24(29)35)21-16-22(34)33(26(21)32-25)20-8-6-7-19(15-20)27(36)30-14-5-3-2-4-13-28/h6-12,15H,2-5,13-14,16,28H2,1H3,(H2,29,35)(H,30,36). The van der Waals surface area contributed by atoms with Crippen LogP contribution in [0.4, 0.5) is 11.5 Å². The van der Waals surface area contributed by atoms with Crippen molar-refractivity contribution >= 4 is 29.2 Å². The van der Waals surface area contributed by atoms with E-state index in [0.29, 0.717) is 47.1 Å². The Morgan fingerprint density at radius 3 is 2.50 bits per heavy atom. The number of aromatic nitrogens is 2. The van der Waals surface area contributed by atoms with E-state index in [9.17, 15) is 14.4 Å². The Bertz CT molecular complexity index is 1290. The van der Waals surface area contributed by atoms with Crippen molar-refractivity contribution in [1.29, 1.82) is 0 Å². The molecule has 1 aliphatic rings. The number of rotatable bonds is 10. The van der Waals surface area contributed by atoms with Crippen molar-refractivity contribution in [2.75, 3.05) is 18.0 Å². The zero-order valence-corrected chi connectivity index (χ0v) is 20.3. The molecule has 3 aromatic rings. The number of nitrogens with one attached hydrogen (secondary N) is 1. The summed E-state index contributed by atoms with van der Waals surface area (Å²) in [4.78, 5) is 48.4. The molecule has 0 unspecified atom stereocenters. The summed E-state index contributed by atoms with van der Waals surface area (Å²) in [5.74, 6) is -0.623. The van der Waals surface area contributed by atoms with Crippen LogP contribution in [0.15, 0.2) is 48.5 Å². The number of fused-ring (bicyclic) bond motifs is 1. The first-order valence-corrected chi connectivity index (χ1v) is 12.1. The number of hydrogen-bond donors (Lipinski definition) is 3. The Morgan fingerprint density at radius 1 is 1.03 bits per heavy atom. The number of unbranched alkanes of at least 4 members (excludes halogenated alkanes) is 3. The lowest BCUT2D eigenvalue weighted by molar-refractivity contribution is -0.116. The van der Waals surface area contributed by atoms with Crippen LogP contribution in [0.2, 0.25) is 0 Å². The fourth-order valence-electron chi connectivity index (χ4n) is 4.18. The van der Waals surface area contributed by atoms with Gasteiger partial charge in [0.1, 0.15) is 11.5 Å².